The molecule has 0 radical (unpaired) electrons. The van der Waals surface area contributed by atoms with Gasteiger partial charge in [0.15, 0.2) is 4.67 Å². The number of furan rings is 1. The molecule has 4 heterocycles. The number of hydrogen-bond acceptors (Lipinski definition) is 7. The molecule has 142 valence electrons. The lowest BCUT2D eigenvalue weighted by Crippen LogP contribution is -2.48. The number of aromatic nitrogens is 2. The van der Waals surface area contributed by atoms with Crippen LogP contribution in [0.5, 0.6) is 0 Å². The van der Waals surface area contributed by atoms with Crippen LogP contribution in [-0.2, 0) is 6.42 Å². The van der Waals surface area contributed by atoms with E-state index in [0.29, 0.717) is 21.9 Å². The summed E-state index contributed by atoms with van der Waals surface area (Å²) in [6.45, 7) is 4.15. The molecule has 4 rings (SSSR count). The number of halogens is 1. The third kappa shape index (κ3) is 4.48. The third-order valence-electron chi connectivity index (χ3n) is 4.55. The highest BCUT2D eigenvalue weighted by atomic mass is 79.9. The average molecular weight is 451 g/mol. The number of nitrogens with zero attached hydrogens (tertiary/aromatic N) is 4. The number of carbonyl (C=O) groups is 1. The van der Waals surface area contributed by atoms with E-state index in [1.54, 1.807) is 17.4 Å². The number of rotatable bonds is 6. The Hall–Kier alpha value is -1.97. The molecular formula is C18H19BrN4O3S. The molecule has 7 nitrogen and oxygen atoms in total. The van der Waals surface area contributed by atoms with Crippen molar-refractivity contribution in [2.75, 3.05) is 32.7 Å². The van der Waals surface area contributed by atoms with E-state index in [9.17, 15) is 4.79 Å². The fourth-order valence-corrected chi connectivity index (χ4v) is 4.08. The lowest BCUT2D eigenvalue weighted by Gasteiger charge is -2.34. The standard InChI is InChI=1S/C18H19BrN4O3S/c19-15-11-13(12-25-15)18(24)23-8-6-22(7-9-23)5-1-4-16-20-17(21-26-16)14-3-2-10-27-14/h2-3,10-12H,1,4-9H2. The highest BCUT2D eigenvalue weighted by Crippen LogP contribution is 2.21. The van der Waals surface area contributed by atoms with Crippen LogP contribution in [0.3, 0.4) is 0 Å². The maximum Gasteiger partial charge on any atom is 0.257 e. The summed E-state index contributed by atoms with van der Waals surface area (Å²) in [4.78, 5) is 22.1. The minimum Gasteiger partial charge on any atom is -0.457 e. The lowest BCUT2D eigenvalue weighted by atomic mass is 10.2. The van der Waals surface area contributed by atoms with Crippen LogP contribution in [0.4, 0.5) is 0 Å². The van der Waals surface area contributed by atoms with Gasteiger partial charge in [-0.25, -0.2) is 0 Å². The summed E-state index contributed by atoms with van der Waals surface area (Å²) in [5, 5.41) is 6.04. The fourth-order valence-electron chi connectivity index (χ4n) is 3.10. The van der Waals surface area contributed by atoms with Gasteiger partial charge in [0, 0.05) is 38.7 Å². The zero-order valence-corrected chi connectivity index (χ0v) is 17.0. The van der Waals surface area contributed by atoms with Crippen LogP contribution in [0.2, 0.25) is 0 Å². The molecule has 0 spiro atoms. The molecule has 3 aromatic heterocycles. The van der Waals surface area contributed by atoms with E-state index in [4.69, 9.17) is 8.94 Å². The van der Waals surface area contributed by atoms with Crippen molar-refractivity contribution in [3.05, 3.63) is 46.0 Å². The van der Waals surface area contributed by atoms with E-state index >= 15 is 0 Å². The molecule has 1 aliphatic heterocycles. The summed E-state index contributed by atoms with van der Waals surface area (Å²) in [5.74, 6) is 1.37. The average Bonchev–Trinajstić information content (AvgIpc) is 3.43. The molecule has 0 atom stereocenters. The van der Waals surface area contributed by atoms with Crippen LogP contribution in [0.15, 0.2) is 43.5 Å². The Balaban J connectivity index is 1.20. The van der Waals surface area contributed by atoms with Crippen LogP contribution >= 0.6 is 27.3 Å². The predicted molar refractivity (Wildman–Crippen MR) is 105 cm³/mol. The molecule has 1 saturated heterocycles. The first-order chi connectivity index (χ1) is 13.2. The normalized spacial score (nSPS) is 15.4. The van der Waals surface area contributed by atoms with Crippen molar-refractivity contribution < 1.29 is 13.7 Å². The van der Waals surface area contributed by atoms with Gasteiger partial charge in [0.2, 0.25) is 11.7 Å². The second-order valence-electron chi connectivity index (χ2n) is 6.37. The molecular weight excluding hydrogens is 432 g/mol. The first kappa shape index (κ1) is 18.4. The van der Waals surface area contributed by atoms with Gasteiger partial charge < -0.3 is 13.8 Å². The largest absolute Gasteiger partial charge is 0.457 e. The first-order valence-electron chi connectivity index (χ1n) is 8.81. The topological polar surface area (TPSA) is 75.6 Å². The van der Waals surface area contributed by atoms with Crippen LogP contribution in [0, 0.1) is 0 Å². The number of hydrogen-bond donors (Lipinski definition) is 0. The van der Waals surface area contributed by atoms with Gasteiger partial charge in [-0.3, -0.25) is 9.69 Å². The number of carbonyl (C=O) groups excluding carboxylic acids is 1. The van der Waals surface area contributed by atoms with E-state index in [1.165, 1.54) is 6.26 Å². The lowest BCUT2D eigenvalue weighted by molar-refractivity contribution is 0.0635. The summed E-state index contributed by atoms with van der Waals surface area (Å²) < 4.78 is 11.1. The third-order valence-corrected chi connectivity index (χ3v) is 5.83. The van der Waals surface area contributed by atoms with Gasteiger partial charge in [0.05, 0.1) is 10.4 Å². The molecule has 0 aromatic carbocycles. The molecule has 27 heavy (non-hydrogen) atoms. The molecule has 1 aliphatic rings. The van der Waals surface area contributed by atoms with Crippen molar-refractivity contribution in [2.24, 2.45) is 0 Å². The maximum absolute atomic E-state index is 12.4. The van der Waals surface area contributed by atoms with Gasteiger partial charge in [0.25, 0.3) is 5.91 Å². The van der Waals surface area contributed by atoms with E-state index in [0.717, 1.165) is 50.4 Å². The van der Waals surface area contributed by atoms with Gasteiger partial charge in [-0.05, 0) is 40.3 Å². The summed E-state index contributed by atoms with van der Waals surface area (Å²) >= 11 is 4.84. The Morgan fingerprint density at radius 1 is 1.30 bits per heavy atom. The Morgan fingerprint density at radius 3 is 2.85 bits per heavy atom. The Morgan fingerprint density at radius 2 is 2.15 bits per heavy atom. The number of thiophene rings is 1. The van der Waals surface area contributed by atoms with E-state index in [2.05, 4.69) is 31.0 Å². The smallest absolute Gasteiger partial charge is 0.257 e. The summed E-state index contributed by atoms with van der Waals surface area (Å²) in [7, 11) is 0. The van der Waals surface area contributed by atoms with Crippen molar-refractivity contribution in [1.29, 1.82) is 0 Å². The number of aryl methyl sites for hydroxylation is 1. The molecule has 1 fully saturated rings. The molecule has 3 aromatic rings. The summed E-state index contributed by atoms with van der Waals surface area (Å²) in [6, 6.07) is 5.68. The fraction of sp³-hybridized carbons (Fsp3) is 0.389. The quantitative estimate of drug-likeness (QED) is 0.571. The minimum atomic E-state index is 0.0241. The zero-order valence-electron chi connectivity index (χ0n) is 14.6. The van der Waals surface area contributed by atoms with Crippen molar-refractivity contribution in [3.63, 3.8) is 0 Å². The van der Waals surface area contributed by atoms with Gasteiger partial charge in [0.1, 0.15) is 6.26 Å². The van der Waals surface area contributed by atoms with E-state index in [-0.39, 0.29) is 5.91 Å². The Kier molecular flexibility index (Phi) is 5.70. The highest BCUT2D eigenvalue weighted by Gasteiger charge is 2.23. The number of piperazine rings is 1. The summed E-state index contributed by atoms with van der Waals surface area (Å²) in [5.41, 5.74) is 0.591. The van der Waals surface area contributed by atoms with Crippen molar-refractivity contribution in [3.8, 4) is 10.7 Å². The maximum atomic E-state index is 12.4. The summed E-state index contributed by atoms with van der Waals surface area (Å²) in [6.07, 6.45) is 3.21. The minimum absolute atomic E-state index is 0.0241. The van der Waals surface area contributed by atoms with Gasteiger partial charge >= 0.3 is 0 Å². The zero-order chi connectivity index (χ0) is 18.6. The molecule has 0 saturated carbocycles. The Bertz CT molecular complexity index is 884. The molecule has 0 bridgehead atoms. The van der Waals surface area contributed by atoms with Crippen LogP contribution in [0.1, 0.15) is 22.7 Å². The number of amides is 1. The van der Waals surface area contributed by atoms with Crippen molar-refractivity contribution in [1.82, 2.24) is 19.9 Å². The molecule has 0 N–H and O–H groups in total. The van der Waals surface area contributed by atoms with E-state index in [1.807, 2.05) is 22.4 Å². The Labute approximate surface area is 169 Å². The van der Waals surface area contributed by atoms with Gasteiger partial charge in [-0.15, -0.1) is 11.3 Å². The molecule has 9 heteroatoms. The van der Waals surface area contributed by atoms with Crippen LogP contribution in [0.25, 0.3) is 10.7 Å². The van der Waals surface area contributed by atoms with Gasteiger partial charge in [-0.1, -0.05) is 11.2 Å². The molecule has 0 aliphatic carbocycles. The first-order valence-corrected chi connectivity index (χ1v) is 10.5. The van der Waals surface area contributed by atoms with Crippen LogP contribution in [-0.4, -0.2) is 58.6 Å². The molecule has 1 amide bonds. The van der Waals surface area contributed by atoms with Gasteiger partial charge in [-0.2, -0.15) is 4.98 Å². The molecule has 0 unspecified atom stereocenters. The van der Waals surface area contributed by atoms with E-state index < -0.39 is 0 Å². The predicted octanol–water partition coefficient (Wildman–Crippen LogP) is 3.54. The SMILES string of the molecule is O=C(c1coc(Br)c1)N1CCN(CCCc2nc(-c3cccs3)no2)CC1. The van der Waals surface area contributed by atoms with Crippen molar-refractivity contribution in [2.45, 2.75) is 12.8 Å². The van der Waals surface area contributed by atoms with Crippen molar-refractivity contribution >= 4 is 33.2 Å². The second-order valence-corrected chi connectivity index (χ2v) is 8.10. The van der Waals surface area contributed by atoms with Crippen LogP contribution < -0.4 is 0 Å². The second kappa shape index (κ2) is 8.37. The highest BCUT2D eigenvalue weighted by molar-refractivity contribution is 9.10. The monoisotopic (exact) mass is 450 g/mol.